The highest BCUT2D eigenvalue weighted by Gasteiger charge is 2.14. The molecule has 33 heavy (non-hydrogen) atoms. The maximum atomic E-state index is 12.1. The fraction of sp³-hybridized carbons (Fsp3) is 0.348. The van der Waals surface area contributed by atoms with Gasteiger partial charge in [-0.2, -0.15) is 0 Å². The van der Waals surface area contributed by atoms with Crippen LogP contribution in [0.1, 0.15) is 36.7 Å². The highest BCUT2D eigenvalue weighted by Crippen LogP contribution is 2.28. The number of carbonyl (C=O) groups is 1. The molecule has 0 spiro atoms. The second-order valence-electron chi connectivity index (χ2n) is 7.69. The summed E-state index contributed by atoms with van der Waals surface area (Å²) in [6, 6.07) is 13.2. The number of nitrogen functional groups attached to an aromatic ring is 1. The van der Waals surface area contributed by atoms with Crippen LogP contribution in [0.2, 0.25) is 5.02 Å². The number of hydrogen-bond acceptors (Lipinski definition) is 7. The molecular weight excluding hydrogens is 462 g/mol. The fourth-order valence-electron chi connectivity index (χ4n) is 2.96. The van der Waals surface area contributed by atoms with Crippen molar-refractivity contribution >= 4 is 29.3 Å². The van der Waals surface area contributed by atoms with E-state index in [9.17, 15) is 4.79 Å². The quantitative estimate of drug-likeness (QED) is 0.239. The Morgan fingerprint density at radius 2 is 1.94 bits per heavy atom. The largest absolute Gasteiger partial charge is 0.492 e. The van der Waals surface area contributed by atoms with Gasteiger partial charge in [0.05, 0.1) is 12.3 Å². The van der Waals surface area contributed by atoms with Crippen molar-refractivity contribution < 1.29 is 14.3 Å². The van der Waals surface area contributed by atoms with Crippen LogP contribution in [0.3, 0.4) is 0 Å². The molecular formula is C23H28ClN5O3S. The lowest BCUT2D eigenvalue weighted by molar-refractivity contribution is -0.118. The van der Waals surface area contributed by atoms with Gasteiger partial charge >= 0.3 is 0 Å². The van der Waals surface area contributed by atoms with Gasteiger partial charge in [0.25, 0.3) is 0 Å². The van der Waals surface area contributed by atoms with Gasteiger partial charge in [-0.25, -0.2) is 4.68 Å². The molecule has 0 bridgehead atoms. The van der Waals surface area contributed by atoms with Crippen LogP contribution in [0, 0.1) is 6.92 Å². The Kier molecular flexibility index (Phi) is 8.85. The highest BCUT2D eigenvalue weighted by atomic mass is 35.5. The standard InChI is InChI=1S/C23H28ClN5O3S/c1-15(2)19-9-4-16(3)12-20(19)32-13-21-27-28-23(29(21)25)33-14-22(30)26-10-11-31-18-7-5-17(24)6-8-18/h4-9,12,15H,10-11,13-14,25H2,1-3H3,(H,26,30). The number of nitrogens with zero attached hydrogens (tertiary/aromatic N) is 3. The van der Waals surface area contributed by atoms with Gasteiger partial charge in [-0.15, -0.1) is 10.2 Å². The van der Waals surface area contributed by atoms with E-state index in [1.165, 1.54) is 16.4 Å². The Balaban J connectivity index is 1.43. The van der Waals surface area contributed by atoms with Crippen molar-refractivity contribution in [2.75, 3.05) is 24.7 Å². The summed E-state index contributed by atoms with van der Waals surface area (Å²) >= 11 is 7.04. The number of halogens is 1. The number of benzene rings is 2. The summed E-state index contributed by atoms with van der Waals surface area (Å²) in [4.78, 5) is 12.1. The minimum Gasteiger partial charge on any atom is -0.492 e. The van der Waals surface area contributed by atoms with Crippen molar-refractivity contribution in [3.8, 4) is 11.5 Å². The van der Waals surface area contributed by atoms with Gasteiger partial charge in [-0.3, -0.25) is 4.79 Å². The van der Waals surface area contributed by atoms with Crippen molar-refractivity contribution in [1.82, 2.24) is 20.2 Å². The van der Waals surface area contributed by atoms with Gasteiger partial charge in [0.15, 0.2) is 5.82 Å². The van der Waals surface area contributed by atoms with Crippen LogP contribution < -0.4 is 20.6 Å². The maximum Gasteiger partial charge on any atom is 0.230 e. The molecule has 1 amide bonds. The predicted molar refractivity (Wildman–Crippen MR) is 130 cm³/mol. The van der Waals surface area contributed by atoms with Crippen molar-refractivity contribution in [2.45, 2.75) is 38.5 Å². The molecule has 0 atom stereocenters. The Morgan fingerprint density at radius 1 is 1.18 bits per heavy atom. The first kappa shape index (κ1) is 24.7. The van der Waals surface area contributed by atoms with Gasteiger partial charge in [-0.1, -0.05) is 49.3 Å². The maximum absolute atomic E-state index is 12.1. The molecule has 0 fully saturated rings. The lowest BCUT2D eigenvalue weighted by Gasteiger charge is -2.14. The van der Waals surface area contributed by atoms with E-state index in [-0.39, 0.29) is 18.3 Å². The number of thioether (sulfide) groups is 1. The third-order valence-corrected chi connectivity index (χ3v) is 5.92. The minimum atomic E-state index is -0.151. The number of aromatic nitrogens is 3. The van der Waals surface area contributed by atoms with Gasteiger partial charge in [-0.05, 0) is 54.3 Å². The molecule has 8 nitrogen and oxygen atoms in total. The Hall–Kier alpha value is -2.91. The van der Waals surface area contributed by atoms with E-state index in [0.717, 1.165) is 16.9 Å². The number of aryl methyl sites for hydroxylation is 1. The monoisotopic (exact) mass is 489 g/mol. The van der Waals surface area contributed by atoms with Crippen LogP contribution in [-0.4, -0.2) is 39.7 Å². The van der Waals surface area contributed by atoms with Gasteiger partial charge in [0.1, 0.15) is 24.7 Å². The third kappa shape index (κ3) is 7.30. The van der Waals surface area contributed by atoms with Crippen LogP contribution in [0.15, 0.2) is 47.6 Å². The molecule has 0 radical (unpaired) electrons. The predicted octanol–water partition coefficient (Wildman–Crippen LogP) is 3.94. The van der Waals surface area contributed by atoms with Crippen molar-refractivity contribution in [1.29, 1.82) is 0 Å². The van der Waals surface area contributed by atoms with Crippen LogP contribution in [0.25, 0.3) is 0 Å². The molecule has 176 valence electrons. The van der Waals surface area contributed by atoms with E-state index in [1.54, 1.807) is 24.3 Å². The van der Waals surface area contributed by atoms with Gasteiger partial charge in [0.2, 0.25) is 11.1 Å². The first-order valence-electron chi connectivity index (χ1n) is 10.5. The zero-order valence-electron chi connectivity index (χ0n) is 18.9. The normalized spacial score (nSPS) is 10.9. The summed E-state index contributed by atoms with van der Waals surface area (Å²) in [7, 11) is 0. The van der Waals surface area contributed by atoms with E-state index in [1.807, 2.05) is 13.0 Å². The van der Waals surface area contributed by atoms with Crippen LogP contribution in [-0.2, 0) is 11.4 Å². The molecule has 0 aliphatic rings. The number of amides is 1. The average molecular weight is 490 g/mol. The molecule has 2 aromatic carbocycles. The first-order valence-corrected chi connectivity index (χ1v) is 11.9. The molecule has 0 aliphatic heterocycles. The molecule has 10 heteroatoms. The topological polar surface area (TPSA) is 104 Å². The molecule has 0 unspecified atom stereocenters. The molecule has 1 aromatic heterocycles. The van der Waals surface area contributed by atoms with Crippen LogP contribution >= 0.6 is 23.4 Å². The lowest BCUT2D eigenvalue weighted by Crippen LogP contribution is -2.29. The van der Waals surface area contributed by atoms with Crippen molar-refractivity contribution in [3.05, 3.63) is 64.4 Å². The summed E-state index contributed by atoms with van der Waals surface area (Å²) in [5, 5.41) is 12.1. The minimum absolute atomic E-state index is 0.151. The number of ether oxygens (including phenoxy) is 2. The molecule has 0 aliphatic carbocycles. The van der Waals surface area contributed by atoms with Crippen molar-refractivity contribution in [3.63, 3.8) is 0 Å². The zero-order valence-corrected chi connectivity index (χ0v) is 20.4. The molecule has 1 heterocycles. The molecule has 0 saturated heterocycles. The van der Waals surface area contributed by atoms with Crippen LogP contribution in [0.4, 0.5) is 0 Å². The lowest BCUT2D eigenvalue weighted by atomic mass is 10.0. The second-order valence-corrected chi connectivity index (χ2v) is 9.07. The summed E-state index contributed by atoms with van der Waals surface area (Å²) < 4.78 is 12.9. The third-order valence-electron chi connectivity index (χ3n) is 4.72. The van der Waals surface area contributed by atoms with E-state index < -0.39 is 0 Å². The van der Waals surface area contributed by atoms with Gasteiger partial charge < -0.3 is 20.6 Å². The summed E-state index contributed by atoms with van der Waals surface area (Å²) in [6.45, 7) is 7.17. The SMILES string of the molecule is Cc1ccc(C(C)C)c(OCc2nnc(SCC(=O)NCCOc3ccc(Cl)cc3)n2N)c1. The summed E-state index contributed by atoms with van der Waals surface area (Å²) in [5.74, 6) is 8.43. The number of hydrogen-bond donors (Lipinski definition) is 2. The summed E-state index contributed by atoms with van der Waals surface area (Å²) in [5.41, 5.74) is 2.24. The van der Waals surface area contributed by atoms with Crippen molar-refractivity contribution in [2.24, 2.45) is 0 Å². The molecule has 0 saturated carbocycles. The number of rotatable bonds is 11. The Morgan fingerprint density at radius 3 is 2.67 bits per heavy atom. The molecule has 3 aromatic rings. The fourth-order valence-corrected chi connectivity index (χ4v) is 3.79. The average Bonchev–Trinajstić information content (AvgIpc) is 3.14. The van der Waals surface area contributed by atoms with E-state index in [2.05, 4.69) is 41.5 Å². The zero-order chi connectivity index (χ0) is 23.8. The number of nitrogens with one attached hydrogen (secondary N) is 1. The van der Waals surface area contributed by atoms with Gasteiger partial charge in [0, 0.05) is 5.02 Å². The highest BCUT2D eigenvalue weighted by molar-refractivity contribution is 7.99. The number of nitrogens with two attached hydrogens (primary N) is 1. The van der Waals surface area contributed by atoms with E-state index >= 15 is 0 Å². The molecule has 3 N–H and O–H groups in total. The van der Waals surface area contributed by atoms with E-state index in [0.29, 0.717) is 40.8 Å². The Bertz CT molecular complexity index is 1070. The van der Waals surface area contributed by atoms with E-state index in [4.69, 9.17) is 26.9 Å². The summed E-state index contributed by atoms with van der Waals surface area (Å²) in [6.07, 6.45) is 0. The number of carbonyl (C=O) groups excluding carboxylic acids is 1. The molecule has 3 rings (SSSR count). The van der Waals surface area contributed by atoms with Crippen LogP contribution in [0.5, 0.6) is 11.5 Å². The second kappa shape index (κ2) is 11.8. The first-order chi connectivity index (χ1) is 15.8. The Labute approximate surface area is 202 Å². The smallest absolute Gasteiger partial charge is 0.230 e.